The third-order valence-corrected chi connectivity index (χ3v) is 1.18. The van der Waals surface area contributed by atoms with Gasteiger partial charge < -0.3 is 0 Å². The van der Waals surface area contributed by atoms with Gasteiger partial charge in [-0.05, 0) is 6.16 Å². The van der Waals surface area contributed by atoms with Gasteiger partial charge in [-0.2, -0.15) is 0 Å². The summed E-state index contributed by atoms with van der Waals surface area (Å²) in [7, 11) is 6.13. The van der Waals surface area contributed by atoms with Gasteiger partial charge in [-0.25, -0.2) is 0 Å². The van der Waals surface area contributed by atoms with Crippen LogP contribution in [0.4, 0.5) is 0 Å². The van der Waals surface area contributed by atoms with E-state index in [4.69, 9.17) is 7.85 Å². The Morgan fingerprint density at radius 1 is 1.80 bits per heavy atom. The first-order chi connectivity index (χ1) is 2.41. The molecule has 28 valence electrons. The fourth-order valence-electron chi connectivity index (χ4n) is 0.144. The molecule has 0 nitrogen and oxygen atoms in total. The van der Waals surface area contributed by atoms with Crippen LogP contribution in [0, 0.1) is 0 Å². The SMILES string of the molecule is [B]CPCC. The Morgan fingerprint density at radius 2 is 2.40 bits per heavy atom. The maximum absolute atomic E-state index is 5.15. The van der Waals surface area contributed by atoms with Crippen molar-refractivity contribution >= 4 is 16.4 Å². The van der Waals surface area contributed by atoms with Gasteiger partial charge in [0.15, 0.2) is 0 Å². The van der Waals surface area contributed by atoms with Gasteiger partial charge >= 0.3 is 0 Å². The summed E-state index contributed by atoms with van der Waals surface area (Å²) in [4.78, 5) is 0. The molecule has 0 rings (SSSR count). The molecule has 0 aromatic heterocycles. The van der Waals surface area contributed by atoms with Gasteiger partial charge in [0.25, 0.3) is 0 Å². The van der Waals surface area contributed by atoms with Gasteiger partial charge in [-0.15, -0.1) is 8.58 Å². The number of rotatable bonds is 2. The Hall–Kier alpha value is 0.495. The smallest absolute Gasteiger partial charge is 0.0712 e. The van der Waals surface area contributed by atoms with Crippen molar-refractivity contribution in [1.29, 1.82) is 0 Å². The first-order valence-corrected chi connectivity index (χ1v) is 3.24. The van der Waals surface area contributed by atoms with E-state index in [1.807, 2.05) is 0 Å². The van der Waals surface area contributed by atoms with Gasteiger partial charge in [0.2, 0.25) is 0 Å². The molecule has 1 atom stereocenters. The van der Waals surface area contributed by atoms with Gasteiger partial charge in [0.05, 0.1) is 7.85 Å². The molecule has 0 aliphatic rings. The molecule has 5 heavy (non-hydrogen) atoms. The van der Waals surface area contributed by atoms with Gasteiger partial charge in [0.1, 0.15) is 0 Å². The van der Waals surface area contributed by atoms with Crippen LogP contribution in [0.1, 0.15) is 6.92 Å². The molecule has 0 aromatic rings. The predicted molar refractivity (Wildman–Crippen MR) is 29.5 cm³/mol. The maximum Gasteiger partial charge on any atom is 0.0712 e. The molecule has 0 heterocycles. The van der Waals surface area contributed by atoms with Crippen LogP contribution in [0.2, 0.25) is 0 Å². The fraction of sp³-hybridized carbons (Fsp3) is 1.00. The average Bonchev–Trinajstić information content (AvgIpc) is 1.41. The van der Waals surface area contributed by atoms with Crippen LogP contribution in [-0.4, -0.2) is 20.1 Å². The molecule has 0 spiro atoms. The minimum atomic E-state index is 0.872. The highest BCUT2D eigenvalue weighted by molar-refractivity contribution is 7.39. The van der Waals surface area contributed by atoms with Crippen LogP contribution >= 0.6 is 8.58 Å². The quantitative estimate of drug-likeness (QED) is 0.344. The van der Waals surface area contributed by atoms with Crippen molar-refractivity contribution in [3.8, 4) is 0 Å². The molecular formula is C3H8BP. The Bertz CT molecular complexity index is 14.4. The molecule has 0 N–H and O–H groups in total. The summed E-state index contributed by atoms with van der Waals surface area (Å²) < 4.78 is 0. The summed E-state index contributed by atoms with van der Waals surface area (Å²) in [5.74, 6) is 0. The molecule has 0 saturated heterocycles. The van der Waals surface area contributed by atoms with Crippen molar-refractivity contribution in [2.45, 2.75) is 6.92 Å². The molecule has 1 unspecified atom stereocenters. The molecule has 0 aromatic carbocycles. The summed E-state index contributed by atoms with van der Waals surface area (Å²) >= 11 is 0. The Morgan fingerprint density at radius 3 is 2.40 bits per heavy atom. The topological polar surface area (TPSA) is 0 Å². The Labute approximate surface area is 36.5 Å². The van der Waals surface area contributed by atoms with Crippen molar-refractivity contribution < 1.29 is 0 Å². The van der Waals surface area contributed by atoms with E-state index in [1.165, 1.54) is 6.16 Å². The Balaban J connectivity index is 2.19. The lowest BCUT2D eigenvalue weighted by Crippen LogP contribution is -1.67. The molecule has 0 fully saturated rings. The molecular weight excluding hydrogens is 77.8 g/mol. The monoisotopic (exact) mass is 86.0 g/mol. The molecule has 2 heteroatoms. The van der Waals surface area contributed by atoms with Crippen molar-refractivity contribution in [3.63, 3.8) is 0 Å². The predicted octanol–water partition coefficient (Wildman–Crippen LogP) is 0.811. The molecule has 0 saturated carbocycles. The zero-order chi connectivity index (χ0) is 4.12. The minimum Gasteiger partial charge on any atom is -0.131 e. The highest BCUT2D eigenvalue weighted by Gasteiger charge is 1.67. The number of hydrogen-bond donors (Lipinski definition) is 0. The van der Waals surface area contributed by atoms with Crippen LogP contribution in [0.25, 0.3) is 0 Å². The van der Waals surface area contributed by atoms with Gasteiger partial charge in [-0.1, -0.05) is 13.0 Å². The fourth-order valence-corrected chi connectivity index (χ4v) is 0.433. The van der Waals surface area contributed by atoms with E-state index in [-0.39, 0.29) is 0 Å². The molecule has 0 amide bonds. The summed E-state index contributed by atoms with van der Waals surface area (Å²) in [6.45, 7) is 2.14. The summed E-state index contributed by atoms with van der Waals surface area (Å²) in [5.41, 5.74) is 0. The van der Waals surface area contributed by atoms with Crippen LogP contribution in [0.15, 0.2) is 0 Å². The largest absolute Gasteiger partial charge is 0.131 e. The zero-order valence-electron chi connectivity index (χ0n) is 3.49. The van der Waals surface area contributed by atoms with E-state index >= 15 is 0 Å². The molecule has 2 radical (unpaired) electrons. The van der Waals surface area contributed by atoms with Gasteiger partial charge in [-0.3, -0.25) is 0 Å². The second-order valence-electron chi connectivity index (χ2n) is 0.808. The lowest BCUT2D eigenvalue weighted by atomic mass is 10.2. The third kappa shape index (κ3) is 4.49. The van der Waals surface area contributed by atoms with Crippen molar-refractivity contribution in [2.75, 3.05) is 12.2 Å². The normalized spacial score (nSPS) is 10.6. The molecule has 0 aliphatic carbocycles. The van der Waals surface area contributed by atoms with E-state index in [1.54, 1.807) is 0 Å². The van der Waals surface area contributed by atoms with Crippen molar-refractivity contribution in [1.82, 2.24) is 0 Å². The Kier molecular flexibility index (Phi) is 4.94. The lowest BCUT2D eigenvalue weighted by Gasteiger charge is -1.80. The van der Waals surface area contributed by atoms with Crippen LogP contribution in [0.5, 0.6) is 0 Å². The van der Waals surface area contributed by atoms with Crippen LogP contribution < -0.4 is 0 Å². The van der Waals surface area contributed by atoms with E-state index in [0.717, 1.165) is 14.6 Å². The third-order valence-electron chi connectivity index (χ3n) is 0.394. The van der Waals surface area contributed by atoms with E-state index < -0.39 is 0 Å². The minimum absolute atomic E-state index is 0.872. The van der Waals surface area contributed by atoms with E-state index in [9.17, 15) is 0 Å². The van der Waals surface area contributed by atoms with E-state index in [2.05, 4.69) is 6.92 Å². The zero-order valence-corrected chi connectivity index (χ0v) is 4.49. The van der Waals surface area contributed by atoms with Gasteiger partial charge in [0, 0.05) is 0 Å². The molecule has 0 aliphatic heterocycles. The van der Waals surface area contributed by atoms with Crippen molar-refractivity contribution in [3.05, 3.63) is 0 Å². The second-order valence-corrected chi connectivity index (χ2v) is 2.42. The standard InChI is InChI=1S/C3H8BP/c1-2-5-3-4/h5H,2-3H2,1H3. The lowest BCUT2D eigenvalue weighted by molar-refractivity contribution is 1.51. The maximum atomic E-state index is 5.15. The average molecular weight is 85.9 g/mol. The van der Waals surface area contributed by atoms with Crippen LogP contribution in [0.3, 0.4) is 0 Å². The first-order valence-electron chi connectivity index (χ1n) is 1.82. The van der Waals surface area contributed by atoms with E-state index in [0.29, 0.717) is 0 Å². The summed E-state index contributed by atoms with van der Waals surface area (Å²) in [6.07, 6.45) is 1.25. The van der Waals surface area contributed by atoms with Crippen molar-refractivity contribution in [2.24, 2.45) is 0 Å². The molecule has 0 bridgehead atoms. The highest BCUT2D eigenvalue weighted by atomic mass is 31.1. The second kappa shape index (κ2) is 4.49. The van der Waals surface area contributed by atoms with Crippen LogP contribution in [-0.2, 0) is 0 Å². The first kappa shape index (κ1) is 5.49. The highest BCUT2D eigenvalue weighted by Crippen LogP contribution is 2.01. The summed E-state index contributed by atoms with van der Waals surface area (Å²) in [6, 6.07) is 0.872. The summed E-state index contributed by atoms with van der Waals surface area (Å²) in [5, 5.41) is 0. The number of hydrogen-bond acceptors (Lipinski definition) is 0.